The standard InChI is InChI=1S/C25H30N2O/c28-24-25(15-7-11-20-10-6-12-22(26-24)23(20)25)14-4-1-5-16-27-17-13-19-8-2-3-9-21(19)18-27/h2-3,6,8-10,12H,1,4-5,7,11,13-18H2,(H,26,28). The largest absolute Gasteiger partial charge is 0.325 e. The van der Waals surface area contributed by atoms with Gasteiger partial charge in [0.15, 0.2) is 0 Å². The molecule has 146 valence electrons. The zero-order valence-electron chi connectivity index (χ0n) is 16.7. The van der Waals surface area contributed by atoms with Crippen molar-refractivity contribution in [1.29, 1.82) is 0 Å². The summed E-state index contributed by atoms with van der Waals surface area (Å²) >= 11 is 0. The number of benzene rings is 2. The number of unbranched alkanes of at least 4 members (excludes halogenated alkanes) is 2. The molecular formula is C25H30N2O. The Morgan fingerprint density at radius 3 is 2.71 bits per heavy atom. The van der Waals surface area contributed by atoms with Crippen molar-refractivity contribution in [3.8, 4) is 0 Å². The van der Waals surface area contributed by atoms with Gasteiger partial charge in [-0.1, -0.05) is 49.2 Å². The minimum Gasteiger partial charge on any atom is -0.325 e. The van der Waals surface area contributed by atoms with E-state index in [4.69, 9.17) is 0 Å². The molecule has 28 heavy (non-hydrogen) atoms. The van der Waals surface area contributed by atoms with Gasteiger partial charge in [-0.15, -0.1) is 0 Å². The molecule has 1 amide bonds. The highest BCUT2D eigenvalue weighted by Crippen LogP contribution is 2.49. The first kappa shape index (κ1) is 17.9. The predicted molar refractivity (Wildman–Crippen MR) is 114 cm³/mol. The normalized spacial score (nSPS) is 23.2. The van der Waals surface area contributed by atoms with Gasteiger partial charge in [-0.05, 0) is 73.4 Å². The molecule has 2 heterocycles. The molecule has 2 aromatic rings. The maximum atomic E-state index is 12.9. The van der Waals surface area contributed by atoms with Gasteiger partial charge in [0.25, 0.3) is 0 Å². The van der Waals surface area contributed by atoms with Gasteiger partial charge in [-0.25, -0.2) is 0 Å². The van der Waals surface area contributed by atoms with Crippen molar-refractivity contribution >= 4 is 11.6 Å². The first-order valence-corrected chi connectivity index (χ1v) is 11.0. The Morgan fingerprint density at radius 2 is 1.79 bits per heavy atom. The summed E-state index contributed by atoms with van der Waals surface area (Å²) in [5.41, 5.74) is 6.59. The van der Waals surface area contributed by atoms with Gasteiger partial charge in [0.2, 0.25) is 5.91 Å². The van der Waals surface area contributed by atoms with Gasteiger partial charge in [-0.2, -0.15) is 0 Å². The summed E-state index contributed by atoms with van der Waals surface area (Å²) in [5.74, 6) is 0.252. The maximum Gasteiger partial charge on any atom is 0.235 e. The number of anilines is 1. The van der Waals surface area contributed by atoms with Gasteiger partial charge in [-0.3, -0.25) is 9.69 Å². The molecule has 2 aromatic carbocycles. The maximum absolute atomic E-state index is 12.9. The van der Waals surface area contributed by atoms with Crippen LogP contribution in [0.3, 0.4) is 0 Å². The van der Waals surface area contributed by atoms with E-state index in [9.17, 15) is 4.79 Å². The van der Waals surface area contributed by atoms with Crippen molar-refractivity contribution in [2.45, 2.75) is 63.3 Å². The number of fused-ring (bicyclic) bond motifs is 1. The number of hydrogen-bond donors (Lipinski definition) is 1. The fourth-order valence-electron chi connectivity index (χ4n) is 5.70. The molecule has 0 saturated carbocycles. The molecule has 3 aliphatic rings. The molecule has 1 N–H and O–H groups in total. The number of nitrogens with zero attached hydrogens (tertiary/aromatic N) is 1. The van der Waals surface area contributed by atoms with E-state index < -0.39 is 0 Å². The molecule has 0 fully saturated rings. The lowest BCUT2D eigenvalue weighted by Crippen LogP contribution is -2.37. The monoisotopic (exact) mass is 374 g/mol. The average molecular weight is 375 g/mol. The second-order valence-corrected chi connectivity index (χ2v) is 8.83. The van der Waals surface area contributed by atoms with Gasteiger partial charge in [0.05, 0.1) is 5.41 Å². The molecular weight excluding hydrogens is 344 g/mol. The lowest BCUT2D eigenvalue weighted by atomic mass is 9.68. The third kappa shape index (κ3) is 3.06. The van der Waals surface area contributed by atoms with Gasteiger partial charge < -0.3 is 5.32 Å². The first-order valence-electron chi connectivity index (χ1n) is 11.0. The number of hydrogen-bond acceptors (Lipinski definition) is 2. The lowest BCUT2D eigenvalue weighted by molar-refractivity contribution is -0.121. The molecule has 0 spiro atoms. The highest BCUT2D eigenvalue weighted by atomic mass is 16.2. The van der Waals surface area contributed by atoms with Crippen LogP contribution in [0.2, 0.25) is 0 Å². The Bertz CT molecular complexity index is 890. The highest BCUT2D eigenvalue weighted by Gasteiger charge is 2.48. The van der Waals surface area contributed by atoms with Gasteiger partial charge in [0, 0.05) is 18.8 Å². The van der Waals surface area contributed by atoms with Crippen LogP contribution in [0.15, 0.2) is 42.5 Å². The quantitative estimate of drug-likeness (QED) is 0.735. The minimum absolute atomic E-state index is 0.242. The van der Waals surface area contributed by atoms with Crippen LogP contribution in [0.5, 0.6) is 0 Å². The first-order chi connectivity index (χ1) is 13.8. The molecule has 0 bridgehead atoms. The average Bonchev–Trinajstić information content (AvgIpc) is 3.01. The number of nitrogens with one attached hydrogen (secondary N) is 1. The van der Waals surface area contributed by atoms with Crippen LogP contribution in [-0.4, -0.2) is 23.9 Å². The molecule has 5 rings (SSSR count). The molecule has 1 aliphatic carbocycles. The smallest absolute Gasteiger partial charge is 0.235 e. The zero-order chi connectivity index (χ0) is 19.0. The van der Waals surface area contributed by atoms with E-state index in [2.05, 4.69) is 52.7 Å². The second kappa shape index (κ2) is 7.36. The fourth-order valence-corrected chi connectivity index (χ4v) is 5.70. The topological polar surface area (TPSA) is 32.3 Å². The third-order valence-electron chi connectivity index (χ3n) is 7.15. The van der Waals surface area contributed by atoms with Crippen molar-refractivity contribution in [2.75, 3.05) is 18.4 Å². The van der Waals surface area contributed by atoms with E-state index in [1.807, 2.05) is 0 Å². The predicted octanol–water partition coefficient (Wildman–Crippen LogP) is 4.83. The molecule has 3 heteroatoms. The highest BCUT2D eigenvalue weighted by molar-refractivity contribution is 6.07. The Labute approximate surface area is 168 Å². The van der Waals surface area contributed by atoms with Gasteiger partial charge >= 0.3 is 0 Å². The molecule has 0 aromatic heterocycles. The molecule has 3 nitrogen and oxygen atoms in total. The van der Waals surface area contributed by atoms with Crippen molar-refractivity contribution in [3.05, 3.63) is 64.7 Å². The third-order valence-corrected chi connectivity index (χ3v) is 7.15. The summed E-state index contributed by atoms with van der Waals surface area (Å²) in [4.78, 5) is 15.5. The Morgan fingerprint density at radius 1 is 0.929 bits per heavy atom. The summed E-state index contributed by atoms with van der Waals surface area (Å²) in [6.45, 7) is 3.45. The van der Waals surface area contributed by atoms with Gasteiger partial charge in [0.1, 0.15) is 0 Å². The zero-order valence-corrected chi connectivity index (χ0v) is 16.7. The van der Waals surface area contributed by atoms with Crippen LogP contribution in [0, 0.1) is 0 Å². The van der Waals surface area contributed by atoms with Crippen LogP contribution >= 0.6 is 0 Å². The summed E-state index contributed by atoms with van der Waals surface area (Å²) in [7, 11) is 0. The Balaban J connectivity index is 1.16. The number of aryl methyl sites for hydroxylation is 1. The van der Waals surface area contributed by atoms with Crippen molar-refractivity contribution in [3.63, 3.8) is 0 Å². The molecule has 2 aliphatic heterocycles. The summed E-state index contributed by atoms with van der Waals surface area (Å²) in [5, 5.41) is 3.17. The van der Waals surface area contributed by atoms with Crippen LogP contribution in [0.4, 0.5) is 5.69 Å². The summed E-state index contributed by atoms with van der Waals surface area (Å²) in [6, 6.07) is 15.3. The van der Waals surface area contributed by atoms with E-state index in [-0.39, 0.29) is 11.3 Å². The van der Waals surface area contributed by atoms with Crippen LogP contribution in [-0.2, 0) is 29.6 Å². The number of carbonyl (C=O) groups excluding carboxylic acids is 1. The van der Waals surface area contributed by atoms with E-state index in [0.717, 1.165) is 44.3 Å². The fraction of sp³-hybridized carbons (Fsp3) is 0.480. The van der Waals surface area contributed by atoms with Crippen LogP contribution < -0.4 is 5.32 Å². The van der Waals surface area contributed by atoms with Crippen molar-refractivity contribution in [1.82, 2.24) is 4.90 Å². The van der Waals surface area contributed by atoms with Crippen LogP contribution in [0.1, 0.15) is 60.8 Å². The SMILES string of the molecule is O=C1Nc2cccc3c2C1(CCCCCN1CCc2ccccc2C1)CCC3. The molecule has 0 radical (unpaired) electrons. The number of carbonyl (C=O) groups is 1. The van der Waals surface area contributed by atoms with E-state index in [0.29, 0.717) is 0 Å². The molecule has 0 saturated heterocycles. The summed E-state index contributed by atoms with van der Waals surface area (Å²) in [6.07, 6.45) is 9.05. The molecule has 1 unspecified atom stereocenters. The minimum atomic E-state index is -0.242. The summed E-state index contributed by atoms with van der Waals surface area (Å²) < 4.78 is 0. The van der Waals surface area contributed by atoms with Crippen molar-refractivity contribution < 1.29 is 4.79 Å². The lowest BCUT2D eigenvalue weighted by Gasteiger charge is -2.33. The van der Waals surface area contributed by atoms with E-state index in [1.165, 1.54) is 54.6 Å². The van der Waals surface area contributed by atoms with E-state index in [1.54, 1.807) is 0 Å². The van der Waals surface area contributed by atoms with Crippen molar-refractivity contribution in [2.24, 2.45) is 0 Å². The number of amides is 1. The second-order valence-electron chi connectivity index (χ2n) is 8.83. The Hall–Kier alpha value is -2.13. The molecule has 1 atom stereocenters. The number of rotatable bonds is 6. The Kier molecular flexibility index (Phi) is 4.72. The van der Waals surface area contributed by atoms with Crippen LogP contribution in [0.25, 0.3) is 0 Å². The van der Waals surface area contributed by atoms with E-state index >= 15 is 0 Å².